The van der Waals surface area contributed by atoms with E-state index in [9.17, 15) is 4.79 Å². The lowest BCUT2D eigenvalue weighted by atomic mass is 10.1. The van der Waals surface area contributed by atoms with Gasteiger partial charge in [-0.25, -0.2) is 0 Å². The van der Waals surface area contributed by atoms with E-state index in [1.807, 2.05) is 0 Å². The summed E-state index contributed by atoms with van der Waals surface area (Å²) < 4.78 is 0.639. The van der Waals surface area contributed by atoms with E-state index in [-0.39, 0.29) is 10.9 Å². The van der Waals surface area contributed by atoms with Crippen LogP contribution in [0, 0.1) is 5.92 Å². The van der Waals surface area contributed by atoms with Gasteiger partial charge in [-0.1, -0.05) is 29.9 Å². The summed E-state index contributed by atoms with van der Waals surface area (Å²) in [5, 5.41) is 3.22. The third-order valence-electron chi connectivity index (χ3n) is 2.03. The van der Waals surface area contributed by atoms with Gasteiger partial charge in [-0.15, -0.1) is 0 Å². The van der Waals surface area contributed by atoms with E-state index in [4.69, 9.17) is 29.6 Å². The molecule has 1 amide bonds. The molecule has 16 heavy (non-hydrogen) atoms. The zero-order chi connectivity index (χ0) is 12.3. The van der Waals surface area contributed by atoms with Crippen LogP contribution in [0.25, 0.3) is 0 Å². The van der Waals surface area contributed by atoms with Gasteiger partial charge in [0.1, 0.15) is 0 Å². The molecule has 0 aliphatic carbocycles. The molecule has 0 spiro atoms. The third-order valence-corrected chi connectivity index (χ3v) is 3.78. The van der Waals surface area contributed by atoms with E-state index in [1.165, 1.54) is 0 Å². The molecule has 6 heteroatoms. The number of nitrogens with two attached hydrogens (primary N) is 1. The van der Waals surface area contributed by atoms with E-state index in [0.717, 1.165) is 0 Å². The van der Waals surface area contributed by atoms with Gasteiger partial charge in [0.05, 0.1) is 26.1 Å². The molecule has 86 valence electrons. The molecule has 0 saturated heterocycles. The predicted molar refractivity (Wildman–Crippen MR) is 73.7 cm³/mol. The van der Waals surface area contributed by atoms with Crippen molar-refractivity contribution in [3.8, 4) is 0 Å². The minimum absolute atomic E-state index is 0.163. The molecule has 1 rings (SSSR count). The van der Waals surface area contributed by atoms with E-state index < -0.39 is 5.92 Å². The van der Waals surface area contributed by atoms with Crippen LogP contribution in [0.15, 0.2) is 22.7 Å². The van der Waals surface area contributed by atoms with Crippen LogP contribution in [0.1, 0.15) is 6.92 Å². The minimum Gasteiger partial charge on any atom is -0.393 e. The van der Waals surface area contributed by atoms with Crippen molar-refractivity contribution in [2.75, 3.05) is 5.32 Å². The lowest BCUT2D eigenvalue weighted by Crippen LogP contribution is -2.30. The first-order valence-electron chi connectivity index (χ1n) is 4.47. The van der Waals surface area contributed by atoms with Gasteiger partial charge in [0.2, 0.25) is 5.91 Å². The van der Waals surface area contributed by atoms with Crippen molar-refractivity contribution in [3.05, 3.63) is 27.7 Å². The Hall–Kier alpha value is -0.650. The van der Waals surface area contributed by atoms with Crippen LogP contribution < -0.4 is 11.1 Å². The highest BCUT2D eigenvalue weighted by Crippen LogP contribution is 2.30. The van der Waals surface area contributed by atoms with Crippen LogP contribution >= 0.6 is 39.7 Å². The molecule has 3 nitrogen and oxygen atoms in total. The molecule has 0 aliphatic heterocycles. The van der Waals surface area contributed by atoms with Gasteiger partial charge in [0, 0.05) is 0 Å². The summed E-state index contributed by atoms with van der Waals surface area (Å²) in [5.74, 6) is -0.767. The average molecular weight is 322 g/mol. The van der Waals surface area contributed by atoms with Crippen molar-refractivity contribution in [1.29, 1.82) is 0 Å². The van der Waals surface area contributed by atoms with Gasteiger partial charge in [-0.2, -0.15) is 0 Å². The number of carbonyl (C=O) groups excluding carboxylic acids is 1. The molecule has 1 aromatic rings. The highest BCUT2D eigenvalue weighted by atomic mass is 79.9. The van der Waals surface area contributed by atoms with Crippen molar-refractivity contribution in [1.82, 2.24) is 0 Å². The van der Waals surface area contributed by atoms with E-state index in [2.05, 4.69) is 21.2 Å². The number of amides is 1. The number of hydrogen-bond acceptors (Lipinski definition) is 2. The molecular formula is C10H10BrClN2OS. The summed E-state index contributed by atoms with van der Waals surface area (Å²) in [4.78, 5) is 11.8. The van der Waals surface area contributed by atoms with Crippen molar-refractivity contribution in [2.45, 2.75) is 6.92 Å². The maximum Gasteiger partial charge on any atom is 0.234 e. The number of carbonyl (C=O) groups is 1. The van der Waals surface area contributed by atoms with Crippen LogP contribution in [0.2, 0.25) is 5.02 Å². The SMILES string of the molecule is CC(C(=O)Nc1cccc(Cl)c1Br)C(N)=S. The van der Waals surface area contributed by atoms with Crippen LogP contribution in [0.3, 0.4) is 0 Å². The third kappa shape index (κ3) is 3.17. The lowest BCUT2D eigenvalue weighted by molar-refractivity contribution is -0.117. The van der Waals surface area contributed by atoms with E-state index in [0.29, 0.717) is 15.2 Å². The molecule has 3 N–H and O–H groups in total. The Morgan fingerprint density at radius 1 is 1.62 bits per heavy atom. The van der Waals surface area contributed by atoms with Crippen LogP contribution in [0.5, 0.6) is 0 Å². The molecule has 0 aliphatic rings. The Kier molecular flexibility index (Phi) is 4.70. The molecule has 1 atom stereocenters. The highest BCUT2D eigenvalue weighted by molar-refractivity contribution is 9.10. The summed E-state index contributed by atoms with van der Waals surface area (Å²) in [6.07, 6.45) is 0. The van der Waals surface area contributed by atoms with Gasteiger partial charge >= 0.3 is 0 Å². The number of rotatable bonds is 3. The smallest absolute Gasteiger partial charge is 0.234 e. The molecule has 0 saturated carbocycles. The zero-order valence-electron chi connectivity index (χ0n) is 8.46. The number of anilines is 1. The second-order valence-corrected chi connectivity index (χ2v) is 4.89. The maximum atomic E-state index is 11.7. The molecule has 0 bridgehead atoms. The maximum absolute atomic E-state index is 11.7. The van der Waals surface area contributed by atoms with Gasteiger partial charge in [-0.3, -0.25) is 4.79 Å². The lowest BCUT2D eigenvalue weighted by Gasteiger charge is -2.12. The molecular weight excluding hydrogens is 312 g/mol. The van der Waals surface area contributed by atoms with E-state index in [1.54, 1.807) is 25.1 Å². The zero-order valence-corrected chi connectivity index (χ0v) is 11.6. The summed E-state index contributed by atoms with van der Waals surface area (Å²) in [6.45, 7) is 1.65. The number of halogens is 2. The van der Waals surface area contributed by atoms with Gasteiger partial charge in [-0.05, 0) is 35.0 Å². The fourth-order valence-electron chi connectivity index (χ4n) is 0.971. The first-order valence-corrected chi connectivity index (χ1v) is 6.05. The predicted octanol–water partition coefficient (Wildman–Crippen LogP) is 2.96. The normalized spacial score (nSPS) is 11.9. The van der Waals surface area contributed by atoms with Crippen molar-refractivity contribution < 1.29 is 4.79 Å². The monoisotopic (exact) mass is 320 g/mol. The average Bonchev–Trinajstić information content (AvgIpc) is 2.23. The Morgan fingerprint density at radius 2 is 2.25 bits per heavy atom. The summed E-state index contributed by atoms with van der Waals surface area (Å²) >= 11 is 13.9. The summed E-state index contributed by atoms with van der Waals surface area (Å²) in [7, 11) is 0. The summed E-state index contributed by atoms with van der Waals surface area (Å²) in [5.41, 5.74) is 5.99. The fourth-order valence-corrected chi connectivity index (χ4v) is 1.62. The van der Waals surface area contributed by atoms with Gasteiger partial charge < -0.3 is 11.1 Å². The molecule has 1 unspecified atom stereocenters. The van der Waals surface area contributed by atoms with Crippen molar-refractivity contribution in [2.24, 2.45) is 11.7 Å². The quantitative estimate of drug-likeness (QED) is 0.842. The molecule has 0 aromatic heterocycles. The molecule has 0 radical (unpaired) electrons. The topological polar surface area (TPSA) is 55.1 Å². The largest absolute Gasteiger partial charge is 0.393 e. The van der Waals surface area contributed by atoms with Crippen LogP contribution in [-0.4, -0.2) is 10.9 Å². The standard InChI is InChI=1S/C10H10BrClN2OS/c1-5(9(13)16)10(15)14-7-4-2-3-6(12)8(7)11/h2-5H,1H3,(H2,13,16)(H,14,15). The van der Waals surface area contributed by atoms with Crippen LogP contribution in [0.4, 0.5) is 5.69 Å². The Morgan fingerprint density at radius 3 is 2.81 bits per heavy atom. The van der Waals surface area contributed by atoms with Crippen molar-refractivity contribution in [3.63, 3.8) is 0 Å². The van der Waals surface area contributed by atoms with Crippen LogP contribution in [-0.2, 0) is 4.79 Å². The number of benzene rings is 1. The van der Waals surface area contributed by atoms with Gasteiger partial charge in [0.25, 0.3) is 0 Å². The van der Waals surface area contributed by atoms with Gasteiger partial charge in [0.15, 0.2) is 0 Å². The first-order chi connectivity index (χ1) is 7.43. The number of hydrogen-bond donors (Lipinski definition) is 2. The van der Waals surface area contributed by atoms with E-state index >= 15 is 0 Å². The molecule has 0 fully saturated rings. The number of thiocarbonyl (C=S) groups is 1. The molecule has 1 aromatic carbocycles. The fraction of sp³-hybridized carbons (Fsp3) is 0.200. The minimum atomic E-state index is -0.513. The second kappa shape index (κ2) is 5.61. The molecule has 0 heterocycles. The summed E-state index contributed by atoms with van der Waals surface area (Å²) in [6, 6.07) is 5.20. The Labute approximate surface area is 112 Å². The second-order valence-electron chi connectivity index (χ2n) is 3.21. The Bertz CT molecular complexity index is 439. The Balaban J connectivity index is 2.85. The highest BCUT2D eigenvalue weighted by Gasteiger charge is 2.16. The van der Waals surface area contributed by atoms with Crippen molar-refractivity contribution >= 4 is 56.3 Å². The first kappa shape index (κ1) is 13.4. The number of nitrogens with one attached hydrogen (secondary N) is 1.